The Labute approximate surface area is 90.7 Å². The first-order chi connectivity index (χ1) is 5.28. The van der Waals surface area contributed by atoms with Gasteiger partial charge in [0.15, 0.2) is 7.29 Å². The topological polar surface area (TPSA) is 37.4 Å². The molecule has 0 radical (unpaired) electrons. The quantitative estimate of drug-likeness (QED) is 0.576. The van der Waals surface area contributed by atoms with E-state index < -0.39 is 13.3 Å². The third-order valence-electron chi connectivity index (χ3n) is 1.24. The van der Waals surface area contributed by atoms with E-state index in [9.17, 15) is 9.13 Å². The minimum absolute atomic E-state index is 0.226. The summed E-state index contributed by atoms with van der Waals surface area (Å²) in [4.78, 5) is 0. The van der Waals surface area contributed by atoms with Crippen LogP contribution in [0.4, 0.5) is 0 Å². The van der Waals surface area contributed by atoms with E-state index in [0.29, 0.717) is 0 Å². The molecule has 0 spiro atoms. The van der Waals surface area contributed by atoms with Crippen LogP contribution in [0.15, 0.2) is 0 Å². The van der Waals surface area contributed by atoms with E-state index in [1.807, 2.05) is 0 Å². The molecule has 0 aromatic carbocycles. The van der Waals surface area contributed by atoms with Crippen molar-refractivity contribution in [1.82, 2.24) is 4.44 Å². The number of rotatable bonds is 4. The normalized spacial score (nSPS) is 13.8. The van der Waals surface area contributed by atoms with Crippen molar-refractivity contribution < 1.29 is 9.13 Å². The van der Waals surface area contributed by atoms with E-state index in [4.69, 9.17) is 45.7 Å². The first-order valence-corrected chi connectivity index (χ1v) is 9.29. The third kappa shape index (κ3) is 3.38. The van der Waals surface area contributed by atoms with Crippen molar-refractivity contribution >= 4 is 59.0 Å². The fraction of sp³-hybridized carbons (Fsp3) is 1.00. The van der Waals surface area contributed by atoms with Crippen molar-refractivity contribution in [2.24, 2.45) is 0 Å². The molecule has 0 N–H and O–H groups in total. The molecule has 0 rings (SSSR count). The Kier molecular flexibility index (Phi) is 5.53. The van der Waals surface area contributed by atoms with Gasteiger partial charge in [-0.3, -0.25) is 4.57 Å². The summed E-state index contributed by atoms with van der Waals surface area (Å²) in [5, 5.41) is 0. The molecule has 9 heteroatoms. The molecule has 0 atom stereocenters. The van der Waals surface area contributed by atoms with Gasteiger partial charge >= 0.3 is 6.00 Å². The van der Waals surface area contributed by atoms with Gasteiger partial charge in [-0.25, -0.2) is 0 Å². The molecule has 0 aliphatic carbocycles. The van der Waals surface area contributed by atoms with Crippen LogP contribution in [0, 0.1) is 0 Å². The maximum Gasteiger partial charge on any atom is 0.327 e. The number of nitrogens with zero attached hydrogens (tertiary/aromatic N) is 1. The monoisotopic (exact) mass is 291 g/mol. The molecular formula is C3H7Cl4NO2P2. The van der Waals surface area contributed by atoms with Gasteiger partial charge in [0.1, 0.15) is 0 Å². The van der Waals surface area contributed by atoms with Crippen LogP contribution in [0.2, 0.25) is 0 Å². The second-order valence-corrected chi connectivity index (χ2v) is 11.3. The zero-order valence-electron chi connectivity index (χ0n) is 6.08. The van der Waals surface area contributed by atoms with Gasteiger partial charge in [0, 0.05) is 7.05 Å². The number of halogens is 4. The SMILES string of the molecule is CN(P(=O)(Cl)Cl)P(=O)(CCl)CCl. The molecule has 0 aliphatic rings. The van der Waals surface area contributed by atoms with Gasteiger partial charge in [-0.1, -0.05) is 0 Å². The highest BCUT2D eigenvalue weighted by Crippen LogP contribution is 2.71. The summed E-state index contributed by atoms with van der Waals surface area (Å²) in [5.74, 6) is -3.57. The van der Waals surface area contributed by atoms with Gasteiger partial charge in [0.25, 0.3) is 0 Å². The summed E-state index contributed by atoms with van der Waals surface area (Å²) in [6.45, 7) is 0. The highest BCUT2D eigenvalue weighted by molar-refractivity contribution is 8.10. The van der Waals surface area contributed by atoms with Crippen molar-refractivity contribution in [2.75, 3.05) is 18.3 Å². The van der Waals surface area contributed by atoms with E-state index in [1.165, 1.54) is 7.05 Å². The lowest BCUT2D eigenvalue weighted by Crippen LogP contribution is -2.08. The molecule has 3 nitrogen and oxygen atoms in total. The lowest BCUT2D eigenvalue weighted by molar-refractivity contribution is 0.537. The lowest BCUT2D eigenvalue weighted by Gasteiger charge is -2.24. The molecule has 0 heterocycles. The van der Waals surface area contributed by atoms with Gasteiger partial charge in [-0.15, -0.1) is 23.2 Å². The van der Waals surface area contributed by atoms with E-state index in [2.05, 4.69) is 0 Å². The van der Waals surface area contributed by atoms with Crippen LogP contribution < -0.4 is 0 Å². The van der Waals surface area contributed by atoms with Crippen LogP contribution in [0.5, 0.6) is 0 Å². The predicted molar refractivity (Wildman–Crippen MR) is 56.1 cm³/mol. The van der Waals surface area contributed by atoms with E-state index >= 15 is 0 Å². The molecule has 0 aliphatic heterocycles. The van der Waals surface area contributed by atoms with Crippen molar-refractivity contribution in [3.8, 4) is 0 Å². The van der Waals surface area contributed by atoms with E-state index in [1.54, 1.807) is 0 Å². The predicted octanol–water partition coefficient (Wildman–Crippen LogP) is 4.17. The molecule has 0 aromatic heterocycles. The first-order valence-electron chi connectivity index (χ1n) is 2.72. The van der Waals surface area contributed by atoms with Gasteiger partial charge in [0.2, 0.25) is 0 Å². The second kappa shape index (κ2) is 4.89. The van der Waals surface area contributed by atoms with Crippen LogP contribution in [-0.2, 0) is 9.13 Å². The Bertz CT molecular complexity index is 232. The van der Waals surface area contributed by atoms with Gasteiger partial charge in [0.05, 0.1) is 11.2 Å². The maximum absolute atomic E-state index is 11.6. The second-order valence-electron chi connectivity index (χ2n) is 2.01. The largest absolute Gasteiger partial charge is 0.327 e. The summed E-state index contributed by atoms with van der Waals surface area (Å²) < 4.78 is 23.5. The molecule has 0 saturated heterocycles. The number of hydrogen-bond donors (Lipinski definition) is 0. The minimum Gasteiger partial charge on any atom is -0.304 e. The van der Waals surface area contributed by atoms with Crippen LogP contribution >= 0.6 is 59.0 Å². The van der Waals surface area contributed by atoms with Crippen molar-refractivity contribution in [2.45, 2.75) is 0 Å². The van der Waals surface area contributed by atoms with Crippen LogP contribution in [0.1, 0.15) is 0 Å². The molecule has 0 saturated carbocycles. The van der Waals surface area contributed by atoms with Crippen molar-refractivity contribution in [3.05, 3.63) is 0 Å². The smallest absolute Gasteiger partial charge is 0.304 e. The van der Waals surface area contributed by atoms with Crippen LogP contribution in [0.3, 0.4) is 0 Å². The highest BCUT2D eigenvalue weighted by Gasteiger charge is 2.36. The zero-order chi connectivity index (χ0) is 9.99. The summed E-state index contributed by atoms with van der Waals surface area (Å²) >= 11 is 21.3. The lowest BCUT2D eigenvalue weighted by atomic mass is 11.6. The Morgan fingerprint density at radius 1 is 1.17 bits per heavy atom. The average molecular weight is 293 g/mol. The Balaban J connectivity index is 4.78. The van der Waals surface area contributed by atoms with E-state index in [-0.39, 0.29) is 11.2 Å². The maximum atomic E-state index is 11.6. The van der Waals surface area contributed by atoms with E-state index in [0.717, 1.165) is 4.44 Å². The average Bonchev–Trinajstić information content (AvgIpc) is 2.00. The van der Waals surface area contributed by atoms with Crippen LogP contribution in [-0.4, -0.2) is 22.7 Å². The molecule has 12 heavy (non-hydrogen) atoms. The molecule has 0 bridgehead atoms. The summed E-state index contributed by atoms with van der Waals surface area (Å²) in [6.07, 6.45) is 0. The molecule has 0 unspecified atom stereocenters. The minimum atomic E-state index is -3.57. The fourth-order valence-corrected chi connectivity index (χ4v) is 7.04. The van der Waals surface area contributed by atoms with Crippen molar-refractivity contribution in [1.29, 1.82) is 0 Å². The summed E-state index contributed by atoms with van der Waals surface area (Å²) in [6, 6.07) is 0. The molecule has 0 fully saturated rings. The van der Waals surface area contributed by atoms with Gasteiger partial charge in [-0.2, -0.15) is 4.44 Å². The Morgan fingerprint density at radius 3 is 1.58 bits per heavy atom. The summed E-state index contributed by atoms with van der Waals surface area (Å²) in [5.41, 5.74) is -0.452. The zero-order valence-corrected chi connectivity index (χ0v) is 10.9. The third-order valence-corrected chi connectivity index (χ3v) is 9.68. The van der Waals surface area contributed by atoms with Gasteiger partial charge in [-0.05, 0) is 22.5 Å². The molecular weight excluding hydrogens is 286 g/mol. The highest BCUT2D eigenvalue weighted by atomic mass is 35.9. The van der Waals surface area contributed by atoms with Crippen LogP contribution in [0.25, 0.3) is 0 Å². The molecule has 0 aromatic rings. The number of alkyl halides is 2. The standard InChI is InChI=1S/C3H7Cl4NO2P2/c1-8(12(6,7)10)11(9,2-4)3-5/h2-3H2,1H3. The summed E-state index contributed by atoms with van der Waals surface area (Å²) in [7, 11) is -1.79. The van der Waals surface area contributed by atoms with Crippen molar-refractivity contribution in [3.63, 3.8) is 0 Å². The Morgan fingerprint density at radius 2 is 1.50 bits per heavy atom. The molecule has 74 valence electrons. The number of hydrogen-bond acceptors (Lipinski definition) is 2. The fourth-order valence-electron chi connectivity index (χ4n) is 0.376. The molecule has 0 amide bonds. The van der Waals surface area contributed by atoms with Gasteiger partial charge < -0.3 is 4.57 Å². The Hall–Kier alpha value is 1.58. The first kappa shape index (κ1) is 13.6.